The molecular weight excluding hydrogens is 1290 g/mol. The van der Waals surface area contributed by atoms with Gasteiger partial charge in [-0.2, -0.15) is 0 Å². The van der Waals surface area contributed by atoms with E-state index in [4.69, 9.17) is 38.9 Å². The van der Waals surface area contributed by atoms with Crippen molar-refractivity contribution < 1.29 is 74.2 Å². The molecule has 0 radical (unpaired) electrons. The second kappa shape index (κ2) is 40.2. The first-order chi connectivity index (χ1) is 47.3. The first-order valence-corrected chi connectivity index (χ1v) is 33.4. The molecule has 540 valence electrons. The number of rotatable bonds is 21. The number of amides is 3. The van der Waals surface area contributed by atoms with Crippen LogP contribution in [0.4, 0.5) is 4.79 Å². The van der Waals surface area contributed by atoms with Gasteiger partial charge in [-0.1, -0.05) is 136 Å². The molecule has 0 bridgehead atoms. The van der Waals surface area contributed by atoms with E-state index >= 15 is 0 Å². The summed E-state index contributed by atoms with van der Waals surface area (Å²) in [6.07, 6.45) is 14.0. The standard InChI is InChI=1S/C20H23NO4.C20H23NO3.C19H18N2O4.C18H20N2O3.2CH4.H3N.H2O.H2/c1-2-24-20(23)19(22)17-10-6-9-15-11-16(12-21-18(15)17)25-13-14-7-4-3-5-8-14;1-2-23-19(22)12-17-10-6-9-16-11-18(13-21-20(16)17)24-14-15-7-4-3-5-8-15;22-18-17(25-19(23)21-18)15-8-4-7-13-9-14(10-20-16(13)15)24-11-12-5-2-1-3-6-12;19-18(22)17(21)15-8-4-7-13-9-14(10-20-16(13)15)23-11-12-5-2-1-3-6-12;;;;;/h3-5,7-8,11-12,17,19,22H,2,6,9-10,13H2,1H3;3-5,7-8,11,13,17H,2,6,9-10,12,14H2,1H3;1-3,5-6,9-10,15,17H,4,7-8,11H2,(H,21,22,23);1-3,5-6,9-10,15,17,21H,4,7-8,11H2,(H2,19,22);2*1H4;1H3;1H2;1H/t17-,19?;17-;2*15-,17?;;;;;/m1011...../s1. The number of nitrogens with one attached hydrogen (secondary N) is 1. The zero-order valence-electron chi connectivity index (χ0n) is 56.0. The van der Waals surface area contributed by atoms with Crippen molar-refractivity contribution in [2.75, 3.05) is 13.2 Å². The Balaban J connectivity index is 0.000000241. The lowest BCUT2D eigenvalue weighted by Crippen LogP contribution is -2.36. The molecule has 1 fully saturated rings. The lowest BCUT2D eigenvalue weighted by Gasteiger charge is -2.27. The molecule has 4 aromatic carbocycles. The van der Waals surface area contributed by atoms with Gasteiger partial charge in [0.2, 0.25) is 5.91 Å². The second-order valence-corrected chi connectivity index (χ2v) is 24.4. The predicted octanol–water partition coefficient (Wildman–Crippen LogP) is 12.5. The molecule has 4 aromatic heterocycles. The fourth-order valence-corrected chi connectivity index (χ4v) is 12.8. The summed E-state index contributed by atoms with van der Waals surface area (Å²) in [7, 11) is 0. The van der Waals surface area contributed by atoms with Gasteiger partial charge in [-0.15, -0.1) is 0 Å². The number of primary amides is 1. The molecule has 101 heavy (non-hydrogen) atoms. The smallest absolute Gasteiger partial charge is 0.414 e. The van der Waals surface area contributed by atoms with Crippen molar-refractivity contribution in [3.63, 3.8) is 0 Å². The maximum atomic E-state index is 11.9. The van der Waals surface area contributed by atoms with Crippen molar-refractivity contribution in [3.8, 4) is 23.0 Å². The van der Waals surface area contributed by atoms with Crippen LogP contribution in [0.25, 0.3) is 0 Å². The summed E-state index contributed by atoms with van der Waals surface area (Å²) in [5.41, 5.74) is 17.3. The van der Waals surface area contributed by atoms with E-state index in [0.29, 0.717) is 63.1 Å². The molecule has 5 aliphatic rings. The normalized spacial score (nSPS) is 17.8. The Hall–Kier alpha value is -10.1. The fourth-order valence-electron chi connectivity index (χ4n) is 12.8. The number of benzene rings is 4. The van der Waals surface area contributed by atoms with Gasteiger partial charge in [0.25, 0.3) is 5.91 Å². The summed E-state index contributed by atoms with van der Waals surface area (Å²) in [4.78, 5) is 76.1. The highest BCUT2D eigenvalue weighted by Gasteiger charge is 2.42. The zero-order chi connectivity index (χ0) is 67.9. The number of aromatic nitrogens is 4. The monoisotopic (exact) mass is 1390 g/mol. The van der Waals surface area contributed by atoms with Crippen LogP contribution in [-0.2, 0) is 85.5 Å². The van der Waals surface area contributed by atoms with Crippen molar-refractivity contribution in [2.45, 2.75) is 181 Å². The Labute approximate surface area is 593 Å². The van der Waals surface area contributed by atoms with Gasteiger partial charge in [0.15, 0.2) is 12.2 Å². The summed E-state index contributed by atoms with van der Waals surface area (Å²) in [6, 6.07) is 47.9. The lowest BCUT2D eigenvalue weighted by molar-refractivity contribution is -0.154. The molecule has 13 rings (SSSR count). The Morgan fingerprint density at radius 1 is 0.525 bits per heavy atom. The molecule has 1 aliphatic heterocycles. The number of hydrogen-bond donors (Lipinski definition) is 5. The maximum Gasteiger partial charge on any atom is 0.414 e. The number of alkyl carbamates (subject to hydrolysis) is 1. The van der Waals surface area contributed by atoms with E-state index in [-0.39, 0.29) is 70.1 Å². The maximum absolute atomic E-state index is 11.9. The molecule has 3 unspecified atom stereocenters. The van der Waals surface area contributed by atoms with Crippen LogP contribution in [-0.4, -0.2) is 97.0 Å². The van der Waals surface area contributed by atoms with E-state index in [1.54, 1.807) is 31.7 Å². The number of nitrogens with zero attached hydrogens (tertiary/aromatic N) is 4. The summed E-state index contributed by atoms with van der Waals surface area (Å²) < 4.78 is 38.5. The van der Waals surface area contributed by atoms with Gasteiger partial charge in [0.05, 0.1) is 61.5 Å². The molecule has 5 heterocycles. The van der Waals surface area contributed by atoms with E-state index in [2.05, 4.69) is 31.3 Å². The number of aliphatic hydroxyl groups is 2. The number of fused-ring (bicyclic) bond motifs is 4. The van der Waals surface area contributed by atoms with Crippen molar-refractivity contribution in [1.29, 1.82) is 0 Å². The predicted molar refractivity (Wildman–Crippen MR) is 384 cm³/mol. The third-order valence-electron chi connectivity index (χ3n) is 17.6. The summed E-state index contributed by atoms with van der Waals surface area (Å²) in [5, 5.41) is 22.5. The number of carbonyl (C=O) groups excluding carboxylic acids is 5. The van der Waals surface area contributed by atoms with Crippen LogP contribution >= 0.6 is 0 Å². The van der Waals surface area contributed by atoms with E-state index in [9.17, 15) is 34.2 Å². The minimum Gasteiger partial charge on any atom is -0.487 e. The number of aliphatic hydroxyl groups excluding tert-OH is 2. The van der Waals surface area contributed by atoms with Crippen LogP contribution in [0.3, 0.4) is 0 Å². The van der Waals surface area contributed by atoms with E-state index in [1.165, 1.54) is 5.56 Å². The average molecular weight is 1390 g/mol. The van der Waals surface area contributed by atoms with Gasteiger partial charge < -0.3 is 60.7 Å². The van der Waals surface area contributed by atoms with Crippen LogP contribution in [0.2, 0.25) is 0 Å². The van der Waals surface area contributed by atoms with Gasteiger partial charge in [-0.05, 0) is 160 Å². The number of pyridine rings is 4. The summed E-state index contributed by atoms with van der Waals surface area (Å²) in [5.74, 6) is 0.428. The van der Waals surface area contributed by atoms with Crippen LogP contribution in [0.5, 0.6) is 23.0 Å². The van der Waals surface area contributed by atoms with Crippen molar-refractivity contribution in [2.24, 2.45) is 5.73 Å². The zero-order valence-corrected chi connectivity index (χ0v) is 56.0. The molecule has 22 nitrogen and oxygen atoms in total. The fraction of sp³-hybridized carbons (Fsp3) is 0.380. The summed E-state index contributed by atoms with van der Waals surface area (Å²) >= 11 is 0. The highest BCUT2D eigenvalue weighted by Crippen LogP contribution is 2.39. The topological polar surface area (TPSA) is 347 Å². The van der Waals surface area contributed by atoms with E-state index < -0.39 is 36.3 Å². The molecule has 4 aliphatic carbocycles. The Morgan fingerprint density at radius 2 is 0.881 bits per heavy atom. The molecule has 3 amide bonds. The number of cyclic esters (lactones) is 1. The van der Waals surface area contributed by atoms with Gasteiger partial charge in [-0.25, -0.2) is 9.59 Å². The molecule has 7 atom stereocenters. The van der Waals surface area contributed by atoms with Crippen LogP contribution in [0, 0.1) is 0 Å². The van der Waals surface area contributed by atoms with E-state index in [1.807, 2.05) is 146 Å². The molecule has 22 heteroatoms. The molecule has 8 aromatic rings. The minimum atomic E-state index is -1.18. The van der Waals surface area contributed by atoms with Gasteiger partial charge in [0, 0.05) is 30.8 Å². The number of nitrogens with two attached hydrogens (primary N) is 1. The van der Waals surface area contributed by atoms with Crippen molar-refractivity contribution in [3.05, 3.63) is 238 Å². The second-order valence-electron chi connectivity index (χ2n) is 24.4. The molecule has 0 saturated carbocycles. The number of hydrogen-bond acceptors (Lipinski definition) is 19. The third kappa shape index (κ3) is 22.4. The Bertz CT molecular complexity index is 3920. The van der Waals surface area contributed by atoms with Crippen molar-refractivity contribution >= 4 is 29.8 Å². The molecule has 10 N–H and O–H groups in total. The SMILES string of the molecule is C.C.CCOC(=O)C(O)[C@@H]1CCCc2cc(OCc3ccccc3)cnc21.CCOC(=O)C[C@@H]1CCCc2cc(OCc3ccccc3)cnc21.N.NC(=O)C(O)[C@@H]1CCCc2cc(OCc3ccccc3)cnc21.O.O=C1NC(=O)C([C@@H]2CCCc3cc(OCc4ccccc4)cnc32)O1.[HH]. The first kappa shape index (κ1) is 79.9. The third-order valence-corrected chi connectivity index (χ3v) is 17.6. The highest BCUT2D eigenvalue weighted by molar-refractivity contribution is 6.00. The number of esters is 2. The van der Waals surface area contributed by atoms with Gasteiger partial charge >= 0.3 is 18.0 Å². The molecular formula is C79H99N7O15. The van der Waals surface area contributed by atoms with E-state index in [0.717, 1.165) is 138 Å². The van der Waals surface area contributed by atoms with Gasteiger partial charge in [0.1, 0.15) is 55.5 Å². The minimum absolute atomic E-state index is 0. The van der Waals surface area contributed by atoms with Crippen LogP contribution < -0.4 is 36.1 Å². The number of imide groups is 1. The summed E-state index contributed by atoms with van der Waals surface area (Å²) in [6.45, 7) is 6.23. The van der Waals surface area contributed by atoms with Crippen LogP contribution in [0.1, 0.15) is 179 Å². The number of aryl methyl sites for hydroxylation is 4. The van der Waals surface area contributed by atoms with Crippen LogP contribution in [0.15, 0.2) is 170 Å². The molecule has 0 spiro atoms. The quantitative estimate of drug-likeness (QED) is 0.0329. The Kier molecular flexibility index (Phi) is 31.8. The lowest BCUT2D eigenvalue weighted by atomic mass is 9.83. The largest absolute Gasteiger partial charge is 0.487 e. The average Bonchev–Trinajstić information content (AvgIpc) is 1.36. The Morgan fingerprint density at radius 3 is 1.27 bits per heavy atom. The van der Waals surface area contributed by atoms with Gasteiger partial charge in [-0.3, -0.25) is 39.6 Å². The number of carbonyl (C=O) groups is 5. The highest BCUT2D eigenvalue weighted by atomic mass is 16.6. The first-order valence-electron chi connectivity index (χ1n) is 33.4. The number of ether oxygens (including phenoxy) is 7. The molecule has 1 saturated heterocycles. The van der Waals surface area contributed by atoms with Crippen molar-refractivity contribution in [1.82, 2.24) is 31.4 Å².